The van der Waals surface area contributed by atoms with Gasteiger partial charge in [-0.1, -0.05) is 107 Å². The first kappa shape index (κ1) is 33.6. The van der Waals surface area contributed by atoms with Crippen molar-refractivity contribution in [2.24, 2.45) is 9.98 Å². The average Bonchev–Trinajstić information content (AvgIpc) is 2.92. The minimum atomic E-state index is 0.381. The minimum absolute atomic E-state index is 0.381. The van der Waals surface area contributed by atoms with E-state index in [4.69, 9.17) is 14.7 Å². The van der Waals surface area contributed by atoms with E-state index < -0.39 is 0 Å². The number of allylic oxidation sites excluding steroid dienone is 4. The van der Waals surface area contributed by atoms with Crippen molar-refractivity contribution in [2.75, 3.05) is 0 Å². The van der Waals surface area contributed by atoms with Gasteiger partial charge < -0.3 is 4.74 Å². The molecule has 0 radical (unpaired) electrons. The molecule has 0 spiro atoms. The normalized spacial score (nSPS) is 15.0. The highest BCUT2D eigenvalue weighted by Crippen LogP contribution is 2.40. The highest BCUT2D eigenvalue weighted by molar-refractivity contribution is 6.03. The van der Waals surface area contributed by atoms with E-state index in [1.165, 1.54) is 33.4 Å². The quantitative estimate of drug-likeness (QED) is 0.262. The Hall–Kier alpha value is -2.94. The van der Waals surface area contributed by atoms with Crippen molar-refractivity contribution < 1.29 is 4.74 Å². The van der Waals surface area contributed by atoms with Crippen LogP contribution in [0.4, 0.5) is 11.4 Å². The Kier molecular flexibility index (Phi) is 11.2. The van der Waals surface area contributed by atoms with Gasteiger partial charge in [-0.3, -0.25) is 0 Å². The van der Waals surface area contributed by atoms with Crippen molar-refractivity contribution in [1.29, 1.82) is 0 Å². The molecule has 2 aromatic carbocycles. The molecule has 42 heavy (non-hydrogen) atoms. The summed E-state index contributed by atoms with van der Waals surface area (Å²) in [6, 6.07) is 9.42. The smallest absolute Gasteiger partial charge is 0.145 e. The van der Waals surface area contributed by atoms with E-state index >= 15 is 0 Å². The molecule has 1 aliphatic heterocycles. The lowest BCUT2D eigenvalue weighted by Crippen LogP contribution is -2.12. The molecule has 0 unspecified atom stereocenters. The van der Waals surface area contributed by atoms with Gasteiger partial charge in [-0.25, -0.2) is 9.98 Å². The molecule has 0 bridgehead atoms. The maximum absolute atomic E-state index is 6.54. The Morgan fingerprint density at radius 1 is 0.500 bits per heavy atom. The van der Waals surface area contributed by atoms with Crippen LogP contribution in [-0.4, -0.2) is 11.4 Å². The van der Waals surface area contributed by atoms with E-state index in [0.717, 1.165) is 40.7 Å². The lowest BCUT2D eigenvalue weighted by Gasteiger charge is -2.23. The highest BCUT2D eigenvalue weighted by Gasteiger charge is 2.21. The van der Waals surface area contributed by atoms with Crippen LogP contribution in [0.5, 0.6) is 0 Å². The van der Waals surface area contributed by atoms with E-state index in [1.54, 1.807) is 0 Å². The second-order valence-electron chi connectivity index (χ2n) is 13.9. The maximum Gasteiger partial charge on any atom is 0.145 e. The van der Waals surface area contributed by atoms with E-state index in [1.807, 2.05) is 0 Å². The van der Waals surface area contributed by atoms with Crippen LogP contribution < -0.4 is 0 Å². The topological polar surface area (TPSA) is 34.0 Å². The van der Waals surface area contributed by atoms with Crippen molar-refractivity contribution >= 4 is 22.8 Å². The standard InChI is InChI=1S/C39H56N2O/c1-22(2)30-18-32(24(5)6)38(33(19-30)25(7)8)40-28(13)36-16-15-17-37(42-36)29(14)41-39-34(26(9)10)20-31(23(3)4)21-35(39)27(11)12/h16-27H,15H2,1-14H3. The lowest BCUT2D eigenvalue weighted by molar-refractivity contribution is 0.343. The predicted octanol–water partition coefficient (Wildman–Crippen LogP) is 12.5. The summed E-state index contributed by atoms with van der Waals surface area (Å²) in [5.74, 6) is 4.13. The van der Waals surface area contributed by atoms with Crippen LogP contribution in [0.15, 0.2) is 57.9 Å². The number of ether oxygens (including phenoxy) is 1. The monoisotopic (exact) mass is 568 g/mol. The largest absolute Gasteiger partial charge is 0.454 e. The second-order valence-corrected chi connectivity index (χ2v) is 13.9. The van der Waals surface area contributed by atoms with Crippen LogP contribution in [0.1, 0.15) is 172 Å². The molecule has 0 saturated carbocycles. The summed E-state index contributed by atoms with van der Waals surface area (Å²) >= 11 is 0. The van der Waals surface area contributed by atoms with Crippen LogP contribution in [0.3, 0.4) is 0 Å². The van der Waals surface area contributed by atoms with E-state index in [0.29, 0.717) is 35.5 Å². The Morgan fingerprint density at radius 2 is 0.786 bits per heavy atom. The fourth-order valence-corrected chi connectivity index (χ4v) is 5.46. The summed E-state index contributed by atoms with van der Waals surface area (Å²) in [5.41, 5.74) is 12.0. The van der Waals surface area contributed by atoms with Crippen molar-refractivity contribution in [3.8, 4) is 0 Å². The number of rotatable bonds is 10. The zero-order valence-corrected chi connectivity index (χ0v) is 28.9. The molecular weight excluding hydrogens is 512 g/mol. The lowest BCUT2D eigenvalue weighted by atomic mass is 9.87. The van der Waals surface area contributed by atoms with Gasteiger partial charge in [0.15, 0.2) is 0 Å². The maximum atomic E-state index is 6.54. The summed E-state index contributed by atoms with van der Waals surface area (Å²) in [5, 5.41) is 0. The minimum Gasteiger partial charge on any atom is -0.454 e. The van der Waals surface area contributed by atoms with Gasteiger partial charge in [0, 0.05) is 0 Å². The third-order valence-corrected chi connectivity index (χ3v) is 8.30. The summed E-state index contributed by atoms with van der Waals surface area (Å²) < 4.78 is 6.54. The van der Waals surface area contributed by atoms with Crippen molar-refractivity contribution in [3.63, 3.8) is 0 Å². The van der Waals surface area contributed by atoms with Gasteiger partial charge in [0.05, 0.1) is 22.8 Å². The number of hydrogen-bond acceptors (Lipinski definition) is 3. The Morgan fingerprint density at radius 3 is 1.02 bits per heavy atom. The van der Waals surface area contributed by atoms with E-state index in [2.05, 4.69) is 133 Å². The molecule has 0 fully saturated rings. The van der Waals surface area contributed by atoms with Crippen LogP contribution in [0.25, 0.3) is 0 Å². The van der Waals surface area contributed by atoms with E-state index in [9.17, 15) is 0 Å². The second kappa shape index (κ2) is 14.0. The Labute approximate surface area is 257 Å². The first-order valence-electron chi connectivity index (χ1n) is 16.2. The molecule has 0 atom stereocenters. The summed E-state index contributed by atoms with van der Waals surface area (Å²) in [6.45, 7) is 31.3. The molecule has 3 rings (SSSR count). The summed E-state index contributed by atoms with van der Waals surface area (Å²) in [7, 11) is 0. The molecule has 1 heterocycles. The first-order chi connectivity index (χ1) is 19.6. The zero-order valence-electron chi connectivity index (χ0n) is 28.9. The molecule has 2 aromatic rings. The van der Waals surface area contributed by atoms with Crippen molar-refractivity contribution in [2.45, 2.75) is 139 Å². The molecule has 0 amide bonds. The molecule has 3 heteroatoms. The molecule has 1 aliphatic rings. The van der Waals surface area contributed by atoms with Crippen LogP contribution in [0.2, 0.25) is 0 Å². The molecule has 0 saturated heterocycles. The zero-order chi connectivity index (χ0) is 31.5. The van der Waals surface area contributed by atoms with Gasteiger partial charge in [-0.05, 0) is 101 Å². The third-order valence-electron chi connectivity index (χ3n) is 8.30. The number of nitrogens with zero attached hydrogens (tertiary/aromatic N) is 2. The van der Waals surface area contributed by atoms with Gasteiger partial charge in [0.1, 0.15) is 11.5 Å². The molecule has 0 N–H and O–H groups in total. The number of hydrogen-bond donors (Lipinski definition) is 0. The van der Waals surface area contributed by atoms with Crippen LogP contribution in [-0.2, 0) is 4.74 Å². The van der Waals surface area contributed by atoms with Gasteiger partial charge in [-0.2, -0.15) is 0 Å². The SMILES string of the molecule is CC(=Nc1c(C(C)C)cc(C(C)C)cc1C(C)C)C1=CCC=C(C(C)=Nc2c(C(C)C)cc(C(C)C)cc2C(C)C)O1. The molecule has 228 valence electrons. The molecular formula is C39H56N2O. The third kappa shape index (κ3) is 7.71. The summed E-state index contributed by atoms with van der Waals surface area (Å²) in [6.07, 6.45) is 5.07. The Bertz CT molecular complexity index is 1230. The van der Waals surface area contributed by atoms with Crippen molar-refractivity contribution in [3.05, 3.63) is 81.3 Å². The van der Waals surface area contributed by atoms with Gasteiger partial charge in [-0.15, -0.1) is 0 Å². The fourth-order valence-electron chi connectivity index (χ4n) is 5.46. The Balaban J connectivity index is 2.03. The van der Waals surface area contributed by atoms with Gasteiger partial charge >= 0.3 is 0 Å². The molecule has 0 aromatic heterocycles. The number of benzene rings is 2. The highest BCUT2D eigenvalue weighted by atomic mass is 16.5. The summed E-state index contributed by atoms with van der Waals surface area (Å²) in [4.78, 5) is 10.5. The van der Waals surface area contributed by atoms with Gasteiger partial charge in [0.25, 0.3) is 0 Å². The van der Waals surface area contributed by atoms with Crippen LogP contribution >= 0.6 is 0 Å². The fraction of sp³-hybridized carbons (Fsp3) is 0.538. The van der Waals surface area contributed by atoms with Crippen molar-refractivity contribution in [1.82, 2.24) is 0 Å². The average molecular weight is 569 g/mol. The first-order valence-corrected chi connectivity index (χ1v) is 16.2. The van der Waals surface area contributed by atoms with Crippen LogP contribution in [0, 0.1) is 0 Å². The van der Waals surface area contributed by atoms with Gasteiger partial charge in [0.2, 0.25) is 0 Å². The predicted molar refractivity (Wildman–Crippen MR) is 185 cm³/mol. The van der Waals surface area contributed by atoms with E-state index in [-0.39, 0.29) is 0 Å². The molecule has 3 nitrogen and oxygen atoms in total. The molecule has 0 aliphatic carbocycles. The number of aliphatic imine (C=N–C) groups is 2.